The van der Waals surface area contributed by atoms with Gasteiger partial charge in [-0.25, -0.2) is 4.79 Å². The lowest BCUT2D eigenvalue weighted by molar-refractivity contribution is -0.956. The minimum atomic E-state index is -1.70. The van der Waals surface area contributed by atoms with Crippen LogP contribution in [0.4, 0.5) is 0 Å². The molecule has 4 saturated carbocycles. The summed E-state index contributed by atoms with van der Waals surface area (Å²) < 4.78 is 31.4. The summed E-state index contributed by atoms with van der Waals surface area (Å²) in [5, 5.41) is 24.1. The van der Waals surface area contributed by atoms with Crippen molar-refractivity contribution in [1.82, 2.24) is 0 Å². The van der Waals surface area contributed by atoms with E-state index in [0.29, 0.717) is 61.7 Å². The molecular formula is C58H82NO11+. The van der Waals surface area contributed by atoms with Crippen LogP contribution in [0, 0.1) is 46.3 Å². The van der Waals surface area contributed by atoms with Gasteiger partial charge in [-0.15, -0.1) is 0 Å². The first-order valence-electron chi connectivity index (χ1n) is 27.1. The Labute approximate surface area is 416 Å². The SMILES string of the molecule is C[C@H](CCC(=O)OC(C)(C)C)C1CCC2C3C(C[C@H](O)[C@@]21C)[C@@]1(C)CC[C@@H](OC(=O)CCC(=O)OCOC(C(=O)OC2CC4CCC(C2)[N+]42CCCC2)(c2ccccc2)c2ccccc2)CC1C[C@H]3O. The number of piperidine rings is 1. The zero-order valence-corrected chi connectivity index (χ0v) is 42.9. The summed E-state index contributed by atoms with van der Waals surface area (Å²) >= 11 is 0. The van der Waals surface area contributed by atoms with Crippen LogP contribution in [0.25, 0.3) is 0 Å². The predicted octanol–water partition coefficient (Wildman–Crippen LogP) is 9.35. The normalized spacial score (nSPS) is 35.7. The van der Waals surface area contributed by atoms with Crippen molar-refractivity contribution in [2.24, 2.45) is 46.3 Å². The molecular weight excluding hydrogens is 887 g/mol. The van der Waals surface area contributed by atoms with E-state index in [1.54, 1.807) is 0 Å². The molecule has 12 nitrogen and oxygen atoms in total. The monoisotopic (exact) mass is 969 g/mol. The third-order valence-corrected chi connectivity index (χ3v) is 19.7. The zero-order chi connectivity index (χ0) is 49.6. The van der Waals surface area contributed by atoms with Crippen molar-refractivity contribution in [3.05, 3.63) is 71.8 Å². The van der Waals surface area contributed by atoms with Crippen molar-refractivity contribution in [1.29, 1.82) is 0 Å². The van der Waals surface area contributed by atoms with E-state index in [9.17, 15) is 29.4 Å². The Hall–Kier alpha value is -3.84. The third-order valence-electron chi connectivity index (χ3n) is 19.7. The maximum atomic E-state index is 14.7. The number of fused-ring (bicyclic) bond motifs is 5. The lowest BCUT2D eigenvalue weighted by atomic mass is 9.43. The van der Waals surface area contributed by atoms with Gasteiger partial charge < -0.3 is 38.4 Å². The summed E-state index contributed by atoms with van der Waals surface area (Å²) in [6.45, 7) is 14.4. The number of rotatable bonds is 15. The highest BCUT2D eigenvalue weighted by molar-refractivity contribution is 5.86. The van der Waals surface area contributed by atoms with Crippen LogP contribution in [-0.4, -0.2) is 101 Å². The predicted molar refractivity (Wildman–Crippen MR) is 262 cm³/mol. The van der Waals surface area contributed by atoms with E-state index in [4.69, 9.17) is 23.7 Å². The van der Waals surface area contributed by atoms with Crippen LogP contribution in [0.15, 0.2) is 60.7 Å². The molecule has 2 bridgehead atoms. The number of esters is 4. The van der Waals surface area contributed by atoms with Crippen LogP contribution < -0.4 is 0 Å². The molecule has 2 aromatic rings. The number of quaternary nitrogens is 1. The molecule has 0 aromatic heterocycles. The van der Waals surface area contributed by atoms with Crippen LogP contribution in [0.2, 0.25) is 0 Å². The van der Waals surface area contributed by atoms with Crippen molar-refractivity contribution in [3.8, 4) is 0 Å². The highest BCUT2D eigenvalue weighted by atomic mass is 16.7. The molecule has 13 atom stereocenters. The Balaban J connectivity index is 0.782. The molecule has 3 saturated heterocycles. The van der Waals surface area contributed by atoms with Gasteiger partial charge in [0.25, 0.3) is 0 Å². The largest absolute Gasteiger partial charge is 0.462 e. The molecule has 3 heterocycles. The molecule has 7 aliphatic rings. The summed E-state index contributed by atoms with van der Waals surface area (Å²) in [5.74, 6) is -0.815. The highest BCUT2D eigenvalue weighted by Gasteiger charge is 2.66. The van der Waals surface area contributed by atoms with Gasteiger partial charge in [-0.2, -0.15) is 0 Å². The van der Waals surface area contributed by atoms with E-state index in [1.807, 2.05) is 81.4 Å². The third kappa shape index (κ3) is 9.61. The number of hydrogen-bond donors (Lipinski definition) is 2. The molecule has 0 amide bonds. The second-order valence-corrected chi connectivity index (χ2v) is 24.4. The molecule has 4 aliphatic carbocycles. The average Bonchev–Trinajstić information content (AvgIpc) is 4.00. The number of aliphatic hydroxyl groups is 2. The number of benzene rings is 2. The summed E-state index contributed by atoms with van der Waals surface area (Å²) in [6, 6.07) is 19.5. The maximum Gasteiger partial charge on any atom is 0.348 e. The average molecular weight is 969 g/mol. The molecule has 0 radical (unpaired) electrons. The minimum Gasteiger partial charge on any atom is -0.462 e. The van der Waals surface area contributed by atoms with E-state index in [1.165, 1.54) is 43.3 Å². The number of carbonyl (C=O) groups excluding carboxylic acids is 4. The Bertz CT molecular complexity index is 2120. The van der Waals surface area contributed by atoms with Crippen LogP contribution in [0.5, 0.6) is 0 Å². The molecule has 2 aromatic carbocycles. The van der Waals surface area contributed by atoms with Crippen molar-refractivity contribution < 1.29 is 57.6 Å². The van der Waals surface area contributed by atoms with Gasteiger partial charge in [-0.05, 0) is 130 Å². The Kier molecular flexibility index (Phi) is 14.8. The second-order valence-electron chi connectivity index (χ2n) is 24.4. The first-order chi connectivity index (χ1) is 33.4. The number of aliphatic hydroxyl groups excluding tert-OH is 2. The van der Waals surface area contributed by atoms with Gasteiger partial charge in [0.15, 0.2) is 6.79 Å². The molecule has 2 N–H and O–H groups in total. The fraction of sp³-hybridized carbons (Fsp3) is 0.724. The van der Waals surface area contributed by atoms with E-state index >= 15 is 0 Å². The Morgan fingerprint density at radius 1 is 0.714 bits per heavy atom. The number of carbonyl (C=O) groups is 4. The molecule has 384 valence electrons. The van der Waals surface area contributed by atoms with Crippen LogP contribution in [0.1, 0.15) is 162 Å². The highest BCUT2D eigenvalue weighted by Crippen LogP contribution is 2.68. The quantitative estimate of drug-likeness (QED) is 0.0760. The fourth-order valence-corrected chi connectivity index (χ4v) is 16.4. The molecule has 70 heavy (non-hydrogen) atoms. The van der Waals surface area contributed by atoms with Gasteiger partial charge >= 0.3 is 23.9 Å². The van der Waals surface area contributed by atoms with Gasteiger partial charge in [0.2, 0.25) is 5.60 Å². The van der Waals surface area contributed by atoms with Crippen LogP contribution in [0.3, 0.4) is 0 Å². The number of hydrogen-bond acceptors (Lipinski definition) is 11. The molecule has 1 spiro atoms. The van der Waals surface area contributed by atoms with Gasteiger partial charge in [0.1, 0.15) is 17.8 Å². The van der Waals surface area contributed by atoms with Crippen molar-refractivity contribution in [2.75, 3.05) is 19.9 Å². The smallest absolute Gasteiger partial charge is 0.348 e. The number of ether oxygens (including phenoxy) is 5. The second kappa shape index (κ2) is 20.2. The maximum absolute atomic E-state index is 14.7. The lowest BCUT2D eigenvalue weighted by Gasteiger charge is -2.63. The summed E-state index contributed by atoms with van der Waals surface area (Å²) in [7, 11) is 0. The Morgan fingerprint density at radius 2 is 1.34 bits per heavy atom. The molecule has 3 aliphatic heterocycles. The molecule has 12 heteroatoms. The zero-order valence-electron chi connectivity index (χ0n) is 42.9. The van der Waals surface area contributed by atoms with Gasteiger partial charge in [-0.1, -0.05) is 81.4 Å². The van der Waals surface area contributed by atoms with E-state index in [0.717, 1.165) is 32.1 Å². The standard InChI is InChI=1S/C58H82NO11/c1-37(19-24-52(64)70-55(2,3)4)45-22-23-46-53-47(35-49(61)57(45,46)6)56(5)28-27-43(31-40(56)32-48(53)60)68-51(63)26-25-50(62)66-36-67-58(38-15-9-7-10-16-38,39-17-11-8-12-18-39)54(65)69-44-33-41-20-21-42(34-44)59(41)29-13-14-30-59/h7-12,15-18,37,40-49,53,60-61H,13-14,19-36H2,1-6H3/q+1/t37-,40?,41?,42?,43-,44?,45?,46?,47?,48-,49+,53?,56+,57-/m1/s1. The summed E-state index contributed by atoms with van der Waals surface area (Å²) in [6.07, 6.45) is 11.0. The molecule has 9 rings (SSSR count). The summed E-state index contributed by atoms with van der Waals surface area (Å²) in [4.78, 5) is 54.0. The van der Waals surface area contributed by atoms with Crippen molar-refractivity contribution in [3.63, 3.8) is 0 Å². The minimum absolute atomic E-state index is 0.0820. The lowest BCUT2D eigenvalue weighted by Crippen LogP contribution is -2.62. The first kappa shape index (κ1) is 51.1. The molecule has 7 unspecified atom stereocenters. The van der Waals surface area contributed by atoms with E-state index in [-0.39, 0.29) is 77.4 Å². The van der Waals surface area contributed by atoms with Crippen molar-refractivity contribution in [2.45, 2.75) is 198 Å². The fourth-order valence-electron chi connectivity index (χ4n) is 16.4. The molecule has 7 fully saturated rings. The van der Waals surface area contributed by atoms with E-state index in [2.05, 4.69) is 20.8 Å². The van der Waals surface area contributed by atoms with Crippen LogP contribution in [-0.2, 0) is 48.5 Å². The van der Waals surface area contributed by atoms with Gasteiger partial charge in [0, 0.05) is 44.9 Å². The first-order valence-corrected chi connectivity index (χ1v) is 27.1. The number of nitrogens with zero attached hydrogens (tertiary/aromatic N) is 1. The van der Waals surface area contributed by atoms with Crippen molar-refractivity contribution >= 4 is 23.9 Å². The van der Waals surface area contributed by atoms with Crippen LogP contribution >= 0.6 is 0 Å². The Morgan fingerprint density at radius 3 is 1.97 bits per heavy atom. The summed E-state index contributed by atoms with van der Waals surface area (Å²) in [5.41, 5.74) is -1.54. The van der Waals surface area contributed by atoms with Gasteiger partial charge in [0.05, 0.1) is 50.2 Å². The topological polar surface area (TPSA) is 155 Å². The van der Waals surface area contributed by atoms with Gasteiger partial charge in [-0.3, -0.25) is 14.4 Å². The van der Waals surface area contributed by atoms with E-state index < -0.39 is 48.1 Å².